The van der Waals surface area contributed by atoms with E-state index in [9.17, 15) is 8.78 Å². The summed E-state index contributed by atoms with van der Waals surface area (Å²) in [6.45, 7) is 0. The minimum absolute atomic E-state index is 0.0952. The highest BCUT2D eigenvalue weighted by Crippen LogP contribution is 2.31. The van der Waals surface area contributed by atoms with Crippen LogP contribution in [0, 0.1) is 0 Å². The molecule has 0 saturated heterocycles. The molecule has 0 atom stereocenters. The van der Waals surface area contributed by atoms with Crippen molar-refractivity contribution in [2.75, 3.05) is 12.8 Å². The number of hydrogen-bond donors (Lipinski definition) is 1. The molecule has 0 bridgehead atoms. The molecule has 0 spiro atoms. The maximum Gasteiger partial charge on any atom is 0.281 e. The van der Waals surface area contributed by atoms with Crippen molar-refractivity contribution in [3.8, 4) is 5.75 Å². The van der Waals surface area contributed by atoms with Gasteiger partial charge in [-0.15, -0.1) is 0 Å². The van der Waals surface area contributed by atoms with Crippen LogP contribution < -0.4 is 10.5 Å². The van der Waals surface area contributed by atoms with E-state index in [0.717, 1.165) is 0 Å². The summed E-state index contributed by atoms with van der Waals surface area (Å²) in [5.41, 5.74) is 4.78. The Morgan fingerprint density at radius 3 is 2.69 bits per heavy atom. The fraction of sp³-hybridized carbons (Fsp3) is 0.286. The molecule has 2 N–H and O–H groups in total. The number of methoxy groups -OCH3 is 1. The van der Waals surface area contributed by atoms with Crippen LogP contribution in [-0.4, -0.2) is 12.1 Å². The molecule has 0 fully saturated rings. The number of pyridine rings is 1. The smallest absolute Gasteiger partial charge is 0.281 e. The predicted octanol–water partition coefficient (Wildman–Crippen LogP) is 2.26. The summed E-state index contributed by atoms with van der Waals surface area (Å²) < 4.78 is 29.1. The minimum atomic E-state index is -2.74. The van der Waals surface area contributed by atoms with Crippen molar-refractivity contribution in [2.45, 2.75) is 6.43 Å². The molecule has 0 aliphatic heterocycles. The molecule has 3 nitrogen and oxygen atoms in total. The van der Waals surface area contributed by atoms with Gasteiger partial charge in [-0.05, 0) is 0 Å². The summed E-state index contributed by atoms with van der Waals surface area (Å²) in [7, 11) is 1.35. The summed E-state index contributed by atoms with van der Waals surface area (Å²) in [6.07, 6.45) is -2.74. The van der Waals surface area contributed by atoms with E-state index in [0.29, 0.717) is 0 Å². The van der Waals surface area contributed by atoms with E-state index in [1.54, 1.807) is 0 Å². The third-order valence-electron chi connectivity index (χ3n) is 1.42. The van der Waals surface area contributed by atoms with Crippen molar-refractivity contribution in [1.29, 1.82) is 0 Å². The molecule has 0 aliphatic carbocycles. The fourth-order valence-electron chi connectivity index (χ4n) is 0.818. The van der Waals surface area contributed by atoms with E-state index in [1.807, 2.05) is 0 Å². The van der Waals surface area contributed by atoms with Crippen LogP contribution in [-0.2, 0) is 0 Å². The Hall–Kier alpha value is -1.10. The molecule has 1 aromatic heterocycles. The number of ether oxygens (including phenoxy) is 1. The van der Waals surface area contributed by atoms with Crippen molar-refractivity contribution >= 4 is 17.4 Å². The van der Waals surface area contributed by atoms with E-state index in [2.05, 4.69) is 4.98 Å². The maximum absolute atomic E-state index is 12.2. The number of anilines is 1. The number of nitrogens with zero attached hydrogens (tertiary/aromatic N) is 1. The average Bonchev–Trinajstić information content (AvgIpc) is 2.07. The highest BCUT2D eigenvalue weighted by Gasteiger charge is 2.16. The summed E-state index contributed by atoms with van der Waals surface area (Å²) in [4.78, 5) is 3.41. The van der Waals surface area contributed by atoms with Crippen molar-refractivity contribution < 1.29 is 13.5 Å². The fourth-order valence-corrected chi connectivity index (χ4v) is 1.04. The summed E-state index contributed by atoms with van der Waals surface area (Å²) in [5.74, 6) is 0.0941. The second-order valence-corrected chi connectivity index (χ2v) is 2.65. The SMILES string of the molecule is COc1cc(Cl)c(C(F)F)nc1N. The lowest BCUT2D eigenvalue weighted by atomic mass is 10.3. The van der Waals surface area contributed by atoms with Crippen molar-refractivity contribution in [3.63, 3.8) is 0 Å². The van der Waals surface area contributed by atoms with E-state index in [1.165, 1.54) is 13.2 Å². The number of aromatic nitrogens is 1. The van der Waals surface area contributed by atoms with Gasteiger partial charge in [0.1, 0.15) is 5.69 Å². The van der Waals surface area contributed by atoms with E-state index in [4.69, 9.17) is 22.1 Å². The molecule has 1 aromatic rings. The molecule has 0 saturated carbocycles. The van der Waals surface area contributed by atoms with Crippen LogP contribution in [0.25, 0.3) is 0 Å². The zero-order valence-electron chi connectivity index (χ0n) is 6.72. The van der Waals surface area contributed by atoms with Crippen LogP contribution in [0.2, 0.25) is 5.02 Å². The normalized spacial score (nSPS) is 10.5. The first-order valence-electron chi connectivity index (χ1n) is 3.34. The van der Waals surface area contributed by atoms with Crippen LogP contribution in [0.5, 0.6) is 5.75 Å². The van der Waals surface area contributed by atoms with Gasteiger partial charge < -0.3 is 10.5 Å². The second kappa shape index (κ2) is 3.74. The maximum atomic E-state index is 12.2. The van der Waals surface area contributed by atoms with Crippen molar-refractivity contribution in [2.24, 2.45) is 0 Å². The molecule has 0 amide bonds. The molecule has 13 heavy (non-hydrogen) atoms. The average molecular weight is 209 g/mol. The third-order valence-corrected chi connectivity index (χ3v) is 1.73. The molecule has 1 heterocycles. The predicted molar refractivity (Wildman–Crippen MR) is 45.2 cm³/mol. The Morgan fingerprint density at radius 2 is 2.23 bits per heavy atom. The van der Waals surface area contributed by atoms with Crippen LogP contribution in [0.15, 0.2) is 6.07 Å². The Balaban J connectivity index is 3.20. The van der Waals surface area contributed by atoms with E-state index in [-0.39, 0.29) is 16.6 Å². The first kappa shape index (κ1) is 9.98. The lowest BCUT2D eigenvalue weighted by Crippen LogP contribution is -2.00. The van der Waals surface area contributed by atoms with Crippen LogP contribution >= 0.6 is 11.6 Å². The Labute approximate surface area is 78.5 Å². The van der Waals surface area contributed by atoms with E-state index < -0.39 is 12.1 Å². The topological polar surface area (TPSA) is 48.1 Å². The molecule has 0 aromatic carbocycles. The molecule has 72 valence electrons. The summed E-state index contributed by atoms with van der Waals surface area (Å²) in [6, 6.07) is 1.21. The number of rotatable bonds is 2. The quantitative estimate of drug-likeness (QED) is 0.811. The number of alkyl halides is 2. The Kier molecular flexibility index (Phi) is 2.87. The second-order valence-electron chi connectivity index (χ2n) is 2.24. The molecule has 6 heteroatoms. The van der Waals surface area contributed by atoms with Crippen molar-refractivity contribution in [3.05, 3.63) is 16.8 Å². The zero-order chi connectivity index (χ0) is 10.0. The van der Waals surface area contributed by atoms with Gasteiger partial charge in [-0.3, -0.25) is 0 Å². The summed E-state index contributed by atoms with van der Waals surface area (Å²) >= 11 is 5.50. The third kappa shape index (κ3) is 1.98. The molecule has 0 radical (unpaired) electrons. The van der Waals surface area contributed by atoms with Gasteiger partial charge in [-0.25, -0.2) is 13.8 Å². The highest BCUT2D eigenvalue weighted by molar-refractivity contribution is 6.31. The Morgan fingerprint density at radius 1 is 1.62 bits per heavy atom. The lowest BCUT2D eigenvalue weighted by Gasteiger charge is -2.07. The van der Waals surface area contributed by atoms with Gasteiger partial charge in [-0.2, -0.15) is 0 Å². The van der Waals surface area contributed by atoms with Crippen LogP contribution in [0.1, 0.15) is 12.1 Å². The highest BCUT2D eigenvalue weighted by atomic mass is 35.5. The lowest BCUT2D eigenvalue weighted by molar-refractivity contribution is 0.146. The molecular formula is C7H7ClF2N2O. The number of nitrogens with two attached hydrogens (primary N) is 1. The van der Waals surface area contributed by atoms with Gasteiger partial charge in [-0.1, -0.05) is 11.6 Å². The van der Waals surface area contributed by atoms with Crippen LogP contribution in [0.4, 0.5) is 14.6 Å². The van der Waals surface area contributed by atoms with Gasteiger partial charge in [0, 0.05) is 6.07 Å². The Bertz CT molecular complexity index is 320. The zero-order valence-corrected chi connectivity index (χ0v) is 7.48. The van der Waals surface area contributed by atoms with Gasteiger partial charge in [0.25, 0.3) is 6.43 Å². The van der Waals surface area contributed by atoms with Gasteiger partial charge in [0.15, 0.2) is 11.6 Å². The molecule has 0 unspecified atom stereocenters. The number of halogens is 3. The monoisotopic (exact) mass is 208 g/mol. The number of hydrogen-bond acceptors (Lipinski definition) is 3. The minimum Gasteiger partial charge on any atom is -0.493 e. The standard InChI is InChI=1S/C7H7ClF2N2O/c1-13-4-2-3(8)5(6(9)10)12-7(4)11/h2,6H,1H3,(H2,11,12). The molecule has 0 aliphatic rings. The van der Waals surface area contributed by atoms with E-state index >= 15 is 0 Å². The largest absolute Gasteiger partial charge is 0.493 e. The molecular weight excluding hydrogens is 202 g/mol. The van der Waals surface area contributed by atoms with Crippen molar-refractivity contribution in [1.82, 2.24) is 4.98 Å². The van der Waals surface area contributed by atoms with Gasteiger partial charge in [0.05, 0.1) is 12.1 Å². The van der Waals surface area contributed by atoms with Crippen LogP contribution in [0.3, 0.4) is 0 Å². The first-order chi connectivity index (χ1) is 6.06. The van der Waals surface area contributed by atoms with Gasteiger partial charge >= 0.3 is 0 Å². The first-order valence-corrected chi connectivity index (χ1v) is 3.72. The summed E-state index contributed by atoms with van der Waals surface area (Å²) in [5, 5.41) is -0.152. The van der Waals surface area contributed by atoms with Gasteiger partial charge in [0.2, 0.25) is 0 Å². The molecule has 1 rings (SSSR count). The number of nitrogen functional groups attached to an aromatic ring is 1.